The van der Waals surface area contributed by atoms with Crippen LogP contribution in [0, 0.1) is 5.92 Å². The minimum absolute atomic E-state index is 0.238. The Morgan fingerprint density at radius 1 is 1.44 bits per heavy atom. The monoisotopic (exact) mass is 269 g/mol. The molecule has 18 heavy (non-hydrogen) atoms. The Morgan fingerprint density at radius 2 is 2.17 bits per heavy atom. The molecule has 0 aromatic carbocycles. The predicted molar refractivity (Wildman–Crippen MR) is 72.9 cm³/mol. The Labute approximate surface area is 112 Å². The van der Waals surface area contributed by atoms with E-state index in [9.17, 15) is 4.79 Å². The number of aromatic nitrogens is 2. The summed E-state index contributed by atoms with van der Waals surface area (Å²) in [5.74, 6) is 0.864. The Bertz CT molecular complexity index is 438. The van der Waals surface area contributed by atoms with Crippen LogP contribution in [0.1, 0.15) is 32.6 Å². The molecule has 1 aliphatic carbocycles. The molecular formula is C13H20ClN3O. The van der Waals surface area contributed by atoms with E-state index in [0.29, 0.717) is 17.6 Å². The van der Waals surface area contributed by atoms with Crippen LogP contribution in [-0.4, -0.2) is 22.1 Å². The van der Waals surface area contributed by atoms with Crippen molar-refractivity contribution < 1.29 is 0 Å². The summed E-state index contributed by atoms with van der Waals surface area (Å²) in [6.45, 7) is 3.73. The molecule has 1 fully saturated rings. The highest BCUT2D eigenvalue weighted by atomic mass is 35.5. The minimum Gasteiger partial charge on any atom is -0.312 e. The smallest absolute Gasteiger partial charge is 0.312 e. The van der Waals surface area contributed by atoms with Crippen molar-refractivity contribution >= 4 is 11.6 Å². The van der Waals surface area contributed by atoms with Gasteiger partial charge in [-0.15, -0.1) is 0 Å². The SMILES string of the molecule is CC1CCC(NCCn2cc(Cl)cnc2=O)CC1. The first-order valence-electron chi connectivity index (χ1n) is 6.60. The zero-order chi connectivity index (χ0) is 13.0. The van der Waals surface area contributed by atoms with E-state index in [2.05, 4.69) is 17.2 Å². The lowest BCUT2D eigenvalue weighted by Gasteiger charge is -2.27. The Kier molecular flexibility index (Phi) is 4.78. The normalized spacial score (nSPS) is 24.1. The molecule has 1 heterocycles. The molecule has 0 atom stereocenters. The van der Waals surface area contributed by atoms with E-state index in [4.69, 9.17) is 11.6 Å². The third-order valence-corrected chi connectivity index (χ3v) is 3.82. The first kappa shape index (κ1) is 13.6. The van der Waals surface area contributed by atoms with Crippen LogP contribution in [0.2, 0.25) is 5.02 Å². The zero-order valence-corrected chi connectivity index (χ0v) is 11.5. The molecule has 0 radical (unpaired) electrons. The Balaban J connectivity index is 1.78. The van der Waals surface area contributed by atoms with Gasteiger partial charge in [-0.2, -0.15) is 0 Å². The van der Waals surface area contributed by atoms with Gasteiger partial charge in [0.1, 0.15) is 0 Å². The maximum Gasteiger partial charge on any atom is 0.347 e. The average molecular weight is 270 g/mol. The standard InChI is InChI=1S/C13H20ClN3O/c1-10-2-4-12(5-3-10)15-6-7-17-9-11(14)8-16-13(17)18/h8-10,12,15H,2-7H2,1H3. The first-order chi connectivity index (χ1) is 8.65. The maximum absolute atomic E-state index is 11.5. The molecule has 4 nitrogen and oxygen atoms in total. The fourth-order valence-electron chi connectivity index (χ4n) is 2.44. The summed E-state index contributed by atoms with van der Waals surface area (Å²) in [6, 6.07) is 0.601. The van der Waals surface area contributed by atoms with Crippen LogP contribution in [0.15, 0.2) is 17.2 Å². The molecule has 1 aliphatic rings. The van der Waals surface area contributed by atoms with Crippen LogP contribution < -0.4 is 11.0 Å². The van der Waals surface area contributed by atoms with Gasteiger partial charge in [-0.3, -0.25) is 4.57 Å². The van der Waals surface area contributed by atoms with Gasteiger partial charge < -0.3 is 5.32 Å². The summed E-state index contributed by atoms with van der Waals surface area (Å²) in [7, 11) is 0. The lowest BCUT2D eigenvalue weighted by molar-refractivity contribution is 0.305. The first-order valence-corrected chi connectivity index (χ1v) is 6.98. The van der Waals surface area contributed by atoms with Crippen molar-refractivity contribution in [3.05, 3.63) is 27.9 Å². The van der Waals surface area contributed by atoms with Crippen molar-refractivity contribution in [2.45, 2.75) is 45.2 Å². The van der Waals surface area contributed by atoms with E-state index in [1.807, 2.05) is 0 Å². The molecule has 2 rings (SSSR count). The fraction of sp³-hybridized carbons (Fsp3) is 0.692. The molecule has 1 aromatic rings. The van der Waals surface area contributed by atoms with Gasteiger partial charge in [0.05, 0.1) is 11.2 Å². The molecule has 1 N–H and O–H groups in total. The van der Waals surface area contributed by atoms with Crippen molar-refractivity contribution in [2.24, 2.45) is 5.92 Å². The Hall–Kier alpha value is -0.870. The van der Waals surface area contributed by atoms with Crippen molar-refractivity contribution in [1.29, 1.82) is 0 Å². The van der Waals surface area contributed by atoms with E-state index >= 15 is 0 Å². The highest BCUT2D eigenvalue weighted by Gasteiger charge is 2.17. The molecule has 1 aromatic heterocycles. The van der Waals surface area contributed by atoms with Crippen LogP contribution in [0.4, 0.5) is 0 Å². The van der Waals surface area contributed by atoms with Crippen molar-refractivity contribution in [2.75, 3.05) is 6.54 Å². The fourth-order valence-corrected chi connectivity index (χ4v) is 2.61. The molecule has 100 valence electrons. The molecule has 0 bridgehead atoms. The van der Waals surface area contributed by atoms with Crippen LogP contribution >= 0.6 is 11.6 Å². The lowest BCUT2D eigenvalue weighted by atomic mass is 9.87. The van der Waals surface area contributed by atoms with Crippen molar-refractivity contribution in [1.82, 2.24) is 14.9 Å². The van der Waals surface area contributed by atoms with E-state index in [0.717, 1.165) is 12.5 Å². The topological polar surface area (TPSA) is 46.9 Å². The lowest BCUT2D eigenvalue weighted by Crippen LogP contribution is -2.36. The highest BCUT2D eigenvalue weighted by molar-refractivity contribution is 6.30. The van der Waals surface area contributed by atoms with Gasteiger partial charge in [0, 0.05) is 25.3 Å². The largest absolute Gasteiger partial charge is 0.347 e. The van der Waals surface area contributed by atoms with E-state index in [1.165, 1.54) is 31.9 Å². The van der Waals surface area contributed by atoms with Crippen molar-refractivity contribution in [3.63, 3.8) is 0 Å². The van der Waals surface area contributed by atoms with Crippen LogP contribution in [0.5, 0.6) is 0 Å². The molecule has 0 unspecified atom stereocenters. The number of rotatable bonds is 4. The summed E-state index contributed by atoms with van der Waals surface area (Å²) in [5.41, 5.74) is -0.238. The number of hydrogen-bond acceptors (Lipinski definition) is 3. The molecule has 0 spiro atoms. The second-order valence-corrected chi connectivity index (χ2v) is 5.60. The highest BCUT2D eigenvalue weighted by Crippen LogP contribution is 2.23. The van der Waals surface area contributed by atoms with Gasteiger partial charge in [-0.05, 0) is 31.6 Å². The third-order valence-electron chi connectivity index (χ3n) is 3.62. The number of hydrogen-bond donors (Lipinski definition) is 1. The molecule has 0 amide bonds. The summed E-state index contributed by atoms with van der Waals surface area (Å²) < 4.78 is 1.56. The van der Waals surface area contributed by atoms with Gasteiger partial charge in [-0.25, -0.2) is 9.78 Å². The second kappa shape index (κ2) is 6.34. The Morgan fingerprint density at radius 3 is 2.89 bits per heavy atom. The third kappa shape index (κ3) is 3.82. The average Bonchev–Trinajstić information content (AvgIpc) is 2.36. The molecular weight excluding hydrogens is 250 g/mol. The van der Waals surface area contributed by atoms with Gasteiger partial charge >= 0.3 is 5.69 Å². The van der Waals surface area contributed by atoms with Gasteiger partial charge in [0.15, 0.2) is 0 Å². The van der Waals surface area contributed by atoms with Gasteiger partial charge in [0.2, 0.25) is 0 Å². The van der Waals surface area contributed by atoms with Gasteiger partial charge in [-0.1, -0.05) is 18.5 Å². The van der Waals surface area contributed by atoms with E-state index in [-0.39, 0.29) is 5.69 Å². The number of nitrogens with zero attached hydrogens (tertiary/aromatic N) is 2. The van der Waals surface area contributed by atoms with E-state index in [1.54, 1.807) is 10.8 Å². The summed E-state index contributed by atoms with van der Waals surface area (Å²) >= 11 is 5.82. The molecule has 5 heteroatoms. The summed E-state index contributed by atoms with van der Waals surface area (Å²) in [4.78, 5) is 15.2. The van der Waals surface area contributed by atoms with Crippen LogP contribution in [-0.2, 0) is 6.54 Å². The van der Waals surface area contributed by atoms with Crippen molar-refractivity contribution in [3.8, 4) is 0 Å². The second-order valence-electron chi connectivity index (χ2n) is 5.16. The molecule has 0 aliphatic heterocycles. The number of halogens is 1. The minimum atomic E-state index is -0.238. The van der Waals surface area contributed by atoms with Crippen LogP contribution in [0.3, 0.4) is 0 Å². The summed E-state index contributed by atoms with van der Waals surface area (Å²) in [6.07, 6.45) is 8.11. The quantitative estimate of drug-likeness (QED) is 0.910. The summed E-state index contributed by atoms with van der Waals surface area (Å²) in [5, 5.41) is 4.01. The predicted octanol–water partition coefficient (Wildman–Crippen LogP) is 2.06. The number of nitrogens with one attached hydrogen (secondary N) is 1. The van der Waals surface area contributed by atoms with Gasteiger partial charge in [0.25, 0.3) is 0 Å². The molecule has 0 saturated heterocycles. The van der Waals surface area contributed by atoms with E-state index < -0.39 is 0 Å². The maximum atomic E-state index is 11.5. The zero-order valence-electron chi connectivity index (χ0n) is 10.7. The molecule has 1 saturated carbocycles. The van der Waals surface area contributed by atoms with Crippen LogP contribution in [0.25, 0.3) is 0 Å².